The van der Waals surface area contributed by atoms with E-state index in [0.29, 0.717) is 34.1 Å². The molecule has 0 saturated carbocycles. The standard InChI is InChI=1S/C24H21N4O4S/c1-15(2)33(30,31)20-10-6-18(7-11-20)22-13-25-14-23(27-22)24-12-21(28-32-24)17-4-8-19(9-5-17)26-16(3)29/h4-13,15H,1-3H3,(H,26,29). The van der Waals surface area contributed by atoms with Gasteiger partial charge in [0.15, 0.2) is 15.6 Å². The second-order valence-electron chi connectivity index (χ2n) is 7.67. The Balaban J connectivity index is 1.58. The molecule has 4 rings (SSSR count). The van der Waals surface area contributed by atoms with E-state index in [0.717, 1.165) is 5.56 Å². The van der Waals surface area contributed by atoms with Crippen LogP contribution in [0.3, 0.4) is 0 Å². The summed E-state index contributed by atoms with van der Waals surface area (Å²) >= 11 is 0. The maximum absolute atomic E-state index is 12.3. The highest BCUT2D eigenvalue weighted by molar-refractivity contribution is 7.92. The highest BCUT2D eigenvalue weighted by Crippen LogP contribution is 2.27. The first-order valence-electron chi connectivity index (χ1n) is 10.2. The van der Waals surface area contributed by atoms with Crippen LogP contribution in [0.4, 0.5) is 5.69 Å². The van der Waals surface area contributed by atoms with Gasteiger partial charge in [0.25, 0.3) is 0 Å². The molecule has 2 aromatic carbocycles. The molecule has 0 aliphatic rings. The first-order valence-corrected chi connectivity index (χ1v) is 11.7. The molecule has 167 valence electrons. The Labute approximate surface area is 191 Å². The third-order valence-corrected chi connectivity index (χ3v) is 7.10. The first-order chi connectivity index (χ1) is 15.7. The van der Waals surface area contributed by atoms with E-state index in [1.165, 1.54) is 6.92 Å². The zero-order chi connectivity index (χ0) is 23.6. The minimum atomic E-state index is -3.35. The molecule has 2 aromatic heterocycles. The predicted molar refractivity (Wildman–Crippen MR) is 124 cm³/mol. The Hall–Kier alpha value is -3.85. The van der Waals surface area contributed by atoms with Gasteiger partial charge in [0.05, 0.1) is 22.0 Å². The first kappa shape index (κ1) is 22.3. The number of rotatable bonds is 6. The molecule has 0 bridgehead atoms. The Morgan fingerprint density at radius 1 is 1.00 bits per heavy atom. The molecule has 0 spiro atoms. The average Bonchev–Trinajstić information content (AvgIpc) is 3.30. The monoisotopic (exact) mass is 461 g/mol. The van der Waals surface area contributed by atoms with Crippen LogP contribution in [0.2, 0.25) is 0 Å². The quantitative estimate of drug-likeness (QED) is 0.452. The average molecular weight is 462 g/mol. The molecule has 0 saturated heterocycles. The van der Waals surface area contributed by atoms with Gasteiger partial charge in [-0.2, -0.15) is 0 Å². The summed E-state index contributed by atoms with van der Waals surface area (Å²) in [5, 5.41) is 6.31. The number of nitrogens with zero attached hydrogens (tertiary/aromatic N) is 3. The number of hydrogen-bond acceptors (Lipinski definition) is 7. The Kier molecular flexibility index (Phi) is 6.06. The summed E-state index contributed by atoms with van der Waals surface area (Å²) in [6, 6.07) is 15.5. The van der Waals surface area contributed by atoms with Crippen molar-refractivity contribution in [3.63, 3.8) is 0 Å². The van der Waals surface area contributed by atoms with Gasteiger partial charge in [-0.3, -0.25) is 4.79 Å². The third kappa shape index (κ3) is 4.83. The van der Waals surface area contributed by atoms with Crippen molar-refractivity contribution < 1.29 is 17.7 Å². The lowest BCUT2D eigenvalue weighted by Gasteiger charge is -2.08. The van der Waals surface area contributed by atoms with Crippen molar-refractivity contribution in [2.45, 2.75) is 30.9 Å². The summed E-state index contributed by atoms with van der Waals surface area (Å²) in [6.07, 6.45) is 4.35. The van der Waals surface area contributed by atoms with Gasteiger partial charge >= 0.3 is 0 Å². The van der Waals surface area contributed by atoms with Crippen molar-refractivity contribution in [1.82, 2.24) is 15.1 Å². The number of carbonyl (C=O) groups excluding carboxylic acids is 1. The number of hydrogen-bond donors (Lipinski definition) is 1. The number of carbonyl (C=O) groups is 1. The van der Waals surface area contributed by atoms with E-state index < -0.39 is 15.1 Å². The molecular formula is C24H21N4O4S. The lowest BCUT2D eigenvalue weighted by Crippen LogP contribution is -2.13. The minimum Gasteiger partial charge on any atom is -0.354 e. The Morgan fingerprint density at radius 2 is 1.64 bits per heavy atom. The lowest BCUT2D eigenvalue weighted by molar-refractivity contribution is -0.114. The SMILES string of the molecule is CC(=O)Nc1ccc(-c2cc(-c3[c]ncc(-c4ccc(S(=O)(=O)C(C)C)cc4)n3)on2)cc1. The van der Waals surface area contributed by atoms with Crippen LogP contribution in [0.1, 0.15) is 20.8 Å². The summed E-state index contributed by atoms with van der Waals surface area (Å²) in [6.45, 7) is 4.75. The Bertz CT molecular complexity index is 1390. The van der Waals surface area contributed by atoms with Crippen LogP contribution < -0.4 is 5.32 Å². The molecule has 8 nitrogen and oxygen atoms in total. The molecule has 0 aliphatic heterocycles. The summed E-state index contributed by atoms with van der Waals surface area (Å²) in [5.74, 6) is 0.251. The number of amides is 1. The van der Waals surface area contributed by atoms with Gasteiger partial charge in [-0.15, -0.1) is 0 Å². The molecule has 0 atom stereocenters. The molecule has 9 heteroatoms. The van der Waals surface area contributed by atoms with Crippen molar-refractivity contribution in [3.8, 4) is 34.0 Å². The fraction of sp³-hybridized carbons (Fsp3) is 0.167. The topological polar surface area (TPSA) is 115 Å². The minimum absolute atomic E-state index is 0.142. The van der Waals surface area contributed by atoms with Gasteiger partial charge in [-0.25, -0.2) is 18.4 Å². The van der Waals surface area contributed by atoms with E-state index in [1.807, 2.05) is 12.1 Å². The van der Waals surface area contributed by atoms with Crippen molar-refractivity contribution in [2.24, 2.45) is 0 Å². The molecule has 33 heavy (non-hydrogen) atoms. The molecule has 1 N–H and O–H groups in total. The van der Waals surface area contributed by atoms with Crippen LogP contribution in [-0.4, -0.2) is 34.7 Å². The van der Waals surface area contributed by atoms with Crippen LogP contribution in [0, 0.1) is 6.20 Å². The van der Waals surface area contributed by atoms with E-state index in [2.05, 4.69) is 26.6 Å². The summed E-state index contributed by atoms with van der Waals surface area (Å²) in [7, 11) is -3.35. The van der Waals surface area contributed by atoms with E-state index in [1.54, 1.807) is 62.5 Å². The van der Waals surface area contributed by atoms with Crippen molar-refractivity contribution >= 4 is 21.4 Å². The molecule has 1 amide bonds. The molecule has 0 aliphatic carbocycles. The van der Waals surface area contributed by atoms with Gasteiger partial charge < -0.3 is 9.84 Å². The second-order valence-corrected chi connectivity index (χ2v) is 10.2. The second kappa shape index (κ2) is 8.95. The van der Waals surface area contributed by atoms with Crippen molar-refractivity contribution in [1.29, 1.82) is 0 Å². The molecule has 0 fully saturated rings. The smallest absolute Gasteiger partial charge is 0.221 e. The van der Waals surface area contributed by atoms with Crippen LogP contribution in [0.15, 0.2) is 70.2 Å². The largest absolute Gasteiger partial charge is 0.354 e. The van der Waals surface area contributed by atoms with E-state index in [9.17, 15) is 13.2 Å². The fourth-order valence-corrected chi connectivity index (χ4v) is 4.18. The van der Waals surface area contributed by atoms with Crippen LogP contribution in [-0.2, 0) is 14.6 Å². The third-order valence-electron chi connectivity index (χ3n) is 4.93. The molecule has 0 unspecified atom stereocenters. The van der Waals surface area contributed by atoms with E-state index in [4.69, 9.17) is 4.52 Å². The highest BCUT2D eigenvalue weighted by Gasteiger charge is 2.19. The number of sulfone groups is 1. The number of nitrogens with one attached hydrogen (secondary N) is 1. The normalized spacial score (nSPS) is 11.5. The van der Waals surface area contributed by atoms with E-state index in [-0.39, 0.29) is 10.8 Å². The number of benzene rings is 2. The van der Waals surface area contributed by atoms with E-state index >= 15 is 0 Å². The van der Waals surface area contributed by atoms with Crippen LogP contribution >= 0.6 is 0 Å². The van der Waals surface area contributed by atoms with Crippen molar-refractivity contribution in [2.75, 3.05) is 5.32 Å². The van der Waals surface area contributed by atoms with Gasteiger partial charge in [0, 0.05) is 29.8 Å². The molecule has 2 heterocycles. The van der Waals surface area contributed by atoms with Crippen LogP contribution in [0.25, 0.3) is 34.0 Å². The maximum atomic E-state index is 12.3. The number of aromatic nitrogens is 3. The molecule has 1 radical (unpaired) electrons. The van der Waals surface area contributed by atoms with Gasteiger partial charge in [0.2, 0.25) is 5.91 Å². The maximum Gasteiger partial charge on any atom is 0.221 e. The van der Waals surface area contributed by atoms with Gasteiger partial charge in [-0.1, -0.05) is 29.4 Å². The zero-order valence-electron chi connectivity index (χ0n) is 18.2. The molecular weight excluding hydrogens is 440 g/mol. The Morgan fingerprint density at radius 3 is 2.27 bits per heavy atom. The van der Waals surface area contributed by atoms with Gasteiger partial charge in [0.1, 0.15) is 17.6 Å². The highest BCUT2D eigenvalue weighted by atomic mass is 32.2. The molecule has 4 aromatic rings. The summed E-state index contributed by atoms with van der Waals surface area (Å²) in [5.41, 5.74) is 3.74. The summed E-state index contributed by atoms with van der Waals surface area (Å²) in [4.78, 5) is 20.1. The van der Waals surface area contributed by atoms with Gasteiger partial charge in [-0.05, 0) is 38.1 Å². The zero-order valence-corrected chi connectivity index (χ0v) is 19.1. The predicted octanol–water partition coefficient (Wildman–Crippen LogP) is 4.41. The fourth-order valence-electron chi connectivity index (χ4n) is 3.12. The number of anilines is 1. The lowest BCUT2D eigenvalue weighted by atomic mass is 10.1. The summed E-state index contributed by atoms with van der Waals surface area (Å²) < 4.78 is 30.1. The van der Waals surface area contributed by atoms with Crippen LogP contribution in [0.5, 0.6) is 0 Å². The van der Waals surface area contributed by atoms with Crippen molar-refractivity contribution in [3.05, 3.63) is 67.0 Å².